The first-order valence-corrected chi connectivity index (χ1v) is 11.1. The zero-order chi connectivity index (χ0) is 22.0. The van der Waals surface area contributed by atoms with Crippen molar-refractivity contribution < 1.29 is 9.59 Å². The molecule has 31 heavy (non-hydrogen) atoms. The smallest absolute Gasteiger partial charge is 0.321 e. The van der Waals surface area contributed by atoms with E-state index in [-0.39, 0.29) is 18.1 Å². The van der Waals surface area contributed by atoms with Crippen molar-refractivity contribution in [1.29, 1.82) is 0 Å². The van der Waals surface area contributed by atoms with Gasteiger partial charge in [0, 0.05) is 44.5 Å². The molecule has 0 aromatic heterocycles. The molecule has 2 aliphatic heterocycles. The molecule has 164 valence electrons. The predicted molar refractivity (Wildman–Crippen MR) is 123 cm³/mol. The van der Waals surface area contributed by atoms with Gasteiger partial charge in [-0.1, -0.05) is 35.9 Å². The molecule has 4 amide bonds. The zero-order valence-corrected chi connectivity index (χ0v) is 18.7. The lowest BCUT2D eigenvalue weighted by atomic mass is 10.0. The summed E-state index contributed by atoms with van der Waals surface area (Å²) in [6.07, 6.45) is 1.65. The van der Waals surface area contributed by atoms with Crippen molar-refractivity contribution in [3.05, 3.63) is 64.7 Å². The van der Waals surface area contributed by atoms with Crippen LogP contribution < -0.4 is 5.32 Å². The Balaban J connectivity index is 1.29. The maximum Gasteiger partial charge on any atom is 0.321 e. The van der Waals surface area contributed by atoms with Gasteiger partial charge in [0.2, 0.25) is 0 Å². The molecule has 6 heteroatoms. The van der Waals surface area contributed by atoms with Crippen LogP contribution in [0.4, 0.5) is 15.3 Å². The summed E-state index contributed by atoms with van der Waals surface area (Å²) < 4.78 is 0. The Morgan fingerprint density at radius 1 is 0.935 bits per heavy atom. The van der Waals surface area contributed by atoms with E-state index in [4.69, 9.17) is 0 Å². The van der Waals surface area contributed by atoms with Crippen LogP contribution in [0.25, 0.3) is 0 Å². The van der Waals surface area contributed by atoms with E-state index in [1.165, 1.54) is 11.1 Å². The first-order valence-electron chi connectivity index (χ1n) is 11.1. The summed E-state index contributed by atoms with van der Waals surface area (Å²) in [4.78, 5) is 31.5. The first kappa shape index (κ1) is 21.2. The summed E-state index contributed by atoms with van der Waals surface area (Å²) in [6, 6.07) is 14.7. The molecule has 0 radical (unpaired) electrons. The summed E-state index contributed by atoms with van der Waals surface area (Å²) in [7, 11) is 0. The van der Waals surface area contributed by atoms with Gasteiger partial charge in [0.25, 0.3) is 0 Å². The van der Waals surface area contributed by atoms with E-state index in [1.807, 2.05) is 46.7 Å². The van der Waals surface area contributed by atoms with Crippen LogP contribution in [0.2, 0.25) is 0 Å². The maximum atomic E-state index is 13.0. The van der Waals surface area contributed by atoms with Gasteiger partial charge >= 0.3 is 12.1 Å². The van der Waals surface area contributed by atoms with Gasteiger partial charge in [-0.2, -0.15) is 0 Å². The van der Waals surface area contributed by atoms with Crippen molar-refractivity contribution in [2.75, 3.05) is 31.5 Å². The largest absolute Gasteiger partial charge is 0.324 e. The number of rotatable bonds is 4. The molecule has 2 aromatic carbocycles. The number of anilines is 1. The van der Waals surface area contributed by atoms with Crippen molar-refractivity contribution in [1.82, 2.24) is 14.7 Å². The van der Waals surface area contributed by atoms with Crippen LogP contribution in [0.1, 0.15) is 35.1 Å². The number of nitrogens with one attached hydrogen (secondary N) is 1. The minimum absolute atomic E-state index is 0.0581. The number of piperidine rings is 1. The Bertz CT molecular complexity index is 945. The molecule has 2 aliphatic rings. The summed E-state index contributed by atoms with van der Waals surface area (Å²) in [5.41, 5.74) is 5.50. The molecule has 2 heterocycles. The minimum Gasteiger partial charge on any atom is -0.324 e. The van der Waals surface area contributed by atoms with Gasteiger partial charge in [0.05, 0.1) is 0 Å². The van der Waals surface area contributed by atoms with Gasteiger partial charge in [0.1, 0.15) is 0 Å². The molecular weight excluding hydrogens is 388 g/mol. The van der Waals surface area contributed by atoms with Crippen LogP contribution in [-0.2, 0) is 6.54 Å². The van der Waals surface area contributed by atoms with E-state index in [2.05, 4.69) is 36.5 Å². The zero-order valence-electron chi connectivity index (χ0n) is 18.7. The van der Waals surface area contributed by atoms with Crippen molar-refractivity contribution in [3.63, 3.8) is 0 Å². The van der Waals surface area contributed by atoms with Crippen LogP contribution in [0, 0.1) is 20.8 Å². The standard InChI is InChI=1S/C25H32N4O2/c1-18-5-4-6-21(14-18)17-28-11-12-29(25(28)31)23-7-9-27(10-8-23)24(30)26-22-15-19(2)13-20(3)16-22/h4-6,13-16,23H,7-12,17H2,1-3H3,(H,26,30). The molecule has 0 aliphatic carbocycles. The van der Waals surface area contributed by atoms with E-state index in [0.717, 1.165) is 42.7 Å². The number of carbonyl (C=O) groups excluding carboxylic acids is 2. The molecule has 0 atom stereocenters. The molecule has 1 N–H and O–H groups in total. The first-order chi connectivity index (χ1) is 14.9. The Morgan fingerprint density at radius 3 is 2.32 bits per heavy atom. The van der Waals surface area contributed by atoms with Gasteiger partial charge in [-0.25, -0.2) is 9.59 Å². The number of hydrogen-bond donors (Lipinski definition) is 1. The van der Waals surface area contributed by atoms with Crippen LogP contribution in [-0.4, -0.2) is 59.0 Å². The second-order valence-electron chi connectivity index (χ2n) is 8.91. The van der Waals surface area contributed by atoms with Crippen molar-refractivity contribution in [2.24, 2.45) is 0 Å². The Hall–Kier alpha value is -3.02. The second-order valence-corrected chi connectivity index (χ2v) is 8.91. The van der Waals surface area contributed by atoms with Gasteiger partial charge < -0.3 is 20.0 Å². The molecule has 0 saturated carbocycles. The molecule has 0 unspecified atom stereocenters. The normalized spacial score (nSPS) is 17.4. The second kappa shape index (κ2) is 9.00. The van der Waals surface area contributed by atoms with E-state index in [1.54, 1.807) is 0 Å². The average molecular weight is 421 g/mol. The third kappa shape index (κ3) is 5.01. The SMILES string of the molecule is Cc1cccc(CN2CCN(C3CCN(C(=O)Nc4cc(C)cc(C)c4)CC3)C2=O)c1. The third-order valence-corrected chi connectivity index (χ3v) is 6.25. The quantitative estimate of drug-likeness (QED) is 0.789. The molecule has 2 saturated heterocycles. The lowest BCUT2D eigenvalue weighted by molar-refractivity contribution is 0.139. The number of urea groups is 2. The van der Waals surface area contributed by atoms with Crippen LogP contribution >= 0.6 is 0 Å². The summed E-state index contributed by atoms with van der Waals surface area (Å²) in [5.74, 6) is 0. The Labute approximate surface area is 184 Å². The fourth-order valence-electron chi connectivity index (χ4n) is 4.75. The van der Waals surface area contributed by atoms with Crippen LogP contribution in [0.3, 0.4) is 0 Å². The monoisotopic (exact) mass is 420 g/mol. The van der Waals surface area contributed by atoms with Gasteiger partial charge in [-0.15, -0.1) is 0 Å². The highest BCUT2D eigenvalue weighted by Gasteiger charge is 2.36. The van der Waals surface area contributed by atoms with E-state index in [0.29, 0.717) is 19.6 Å². The summed E-state index contributed by atoms with van der Waals surface area (Å²) >= 11 is 0. The van der Waals surface area contributed by atoms with E-state index in [9.17, 15) is 9.59 Å². The lowest BCUT2D eigenvalue weighted by Crippen LogP contribution is -2.49. The highest BCUT2D eigenvalue weighted by Crippen LogP contribution is 2.23. The van der Waals surface area contributed by atoms with Crippen LogP contribution in [0.15, 0.2) is 42.5 Å². The maximum absolute atomic E-state index is 13.0. The molecule has 0 spiro atoms. The minimum atomic E-state index is -0.0581. The predicted octanol–water partition coefficient (Wildman–Crippen LogP) is 4.55. The summed E-state index contributed by atoms with van der Waals surface area (Å²) in [6.45, 7) is 9.67. The number of nitrogens with zero attached hydrogens (tertiary/aromatic N) is 3. The van der Waals surface area contributed by atoms with Crippen molar-refractivity contribution in [2.45, 2.75) is 46.2 Å². The fraction of sp³-hybridized carbons (Fsp3) is 0.440. The Morgan fingerprint density at radius 2 is 1.65 bits per heavy atom. The average Bonchev–Trinajstić information content (AvgIpc) is 3.07. The van der Waals surface area contributed by atoms with Crippen LogP contribution in [0.5, 0.6) is 0 Å². The number of amides is 4. The Kier molecular flexibility index (Phi) is 6.16. The molecular formula is C25H32N4O2. The number of hydrogen-bond acceptors (Lipinski definition) is 2. The van der Waals surface area contributed by atoms with Gasteiger partial charge in [-0.05, 0) is 62.4 Å². The molecule has 4 rings (SSSR count). The fourth-order valence-corrected chi connectivity index (χ4v) is 4.75. The topological polar surface area (TPSA) is 55.9 Å². The van der Waals surface area contributed by atoms with Crippen molar-refractivity contribution in [3.8, 4) is 0 Å². The lowest BCUT2D eigenvalue weighted by Gasteiger charge is -2.36. The highest BCUT2D eigenvalue weighted by molar-refractivity contribution is 5.89. The highest BCUT2D eigenvalue weighted by atomic mass is 16.2. The van der Waals surface area contributed by atoms with E-state index >= 15 is 0 Å². The molecule has 0 bridgehead atoms. The summed E-state index contributed by atoms with van der Waals surface area (Å²) in [5, 5.41) is 3.02. The van der Waals surface area contributed by atoms with Gasteiger partial charge in [0.15, 0.2) is 0 Å². The number of benzene rings is 2. The number of aryl methyl sites for hydroxylation is 3. The molecule has 6 nitrogen and oxygen atoms in total. The van der Waals surface area contributed by atoms with Gasteiger partial charge in [-0.3, -0.25) is 0 Å². The number of likely N-dealkylation sites (tertiary alicyclic amines) is 1. The van der Waals surface area contributed by atoms with E-state index < -0.39 is 0 Å². The molecule has 2 fully saturated rings. The third-order valence-electron chi connectivity index (χ3n) is 6.25. The van der Waals surface area contributed by atoms with Crippen molar-refractivity contribution >= 4 is 17.7 Å². The number of carbonyl (C=O) groups is 2. The molecule has 2 aromatic rings.